The highest BCUT2D eigenvalue weighted by Gasteiger charge is 2.11. The van der Waals surface area contributed by atoms with Crippen LogP contribution in [0.3, 0.4) is 0 Å². The van der Waals surface area contributed by atoms with Crippen LogP contribution in [0.2, 0.25) is 0 Å². The SMILES string of the molecule is CCCC(COC)NCc1csc(C(=O)O)n1. The number of rotatable bonds is 8. The van der Waals surface area contributed by atoms with E-state index in [2.05, 4.69) is 17.2 Å². The highest BCUT2D eigenvalue weighted by molar-refractivity contribution is 7.11. The first-order valence-corrected chi connectivity index (χ1v) is 6.45. The van der Waals surface area contributed by atoms with Crippen molar-refractivity contribution >= 4 is 17.3 Å². The smallest absolute Gasteiger partial charge is 0.365 e. The van der Waals surface area contributed by atoms with Gasteiger partial charge >= 0.3 is 5.97 Å². The lowest BCUT2D eigenvalue weighted by Gasteiger charge is -2.16. The minimum absolute atomic E-state index is 0.139. The normalized spacial score (nSPS) is 12.6. The molecule has 6 heteroatoms. The molecule has 0 fully saturated rings. The first-order valence-electron chi connectivity index (χ1n) is 5.57. The van der Waals surface area contributed by atoms with Gasteiger partial charge in [-0.15, -0.1) is 11.3 Å². The summed E-state index contributed by atoms with van der Waals surface area (Å²) in [5.74, 6) is -0.969. The summed E-state index contributed by atoms with van der Waals surface area (Å²) in [7, 11) is 1.68. The van der Waals surface area contributed by atoms with E-state index < -0.39 is 5.97 Å². The van der Waals surface area contributed by atoms with Gasteiger partial charge < -0.3 is 15.2 Å². The van der Waals surface area contributed by atoms with Crippen molar-refractivity contribution < 1.29 is 14.6 Å². The van der Waals surface area contributed by atoms with Crippen molar-refractivity contribution in [2.45, 2.75) is 32.4 Å². The molecule has 0 spiro atoms. The van der Waals surface area contributed by atoms with Crippen LogP contribution in [0.5, 0.6) is 0 Å². The van der Waals surface area contributed by atoms with Crippen molar-refractivity contribution in [3.8, 4) is 0 Å². The lowest BCUT2D eigenvalue weighted by molar-refractivity contribution is 0.0696. The molecule has 1 heterocycles. The monoisotopic (exact) mass is 258 g/mol. The maximum absolute atomic E-state index is 10.7. The fourth-order valence-electron chi connectivity index (χ4n) is 1.53. The van der Waals surface area contributed by atoms with E-state index in [1.165, 1.54) is 0 Å². The molecule has 0 aliphatic carbocycles. The lowest BCUT2D eigenvalue weighted by atomic mass is 10.2. The molecule has 0 aromatic carbocycles. The number of ether oxygens (including phenoxy) is 1. The molecule has 0 aliphatic heterocycles. The Morgan fingerprint density at radius 2 is 2.47 bits per heavy atom. The van der Waals surface area contributed by atoms with Gasteiger partial charge in [-0.1, -0.05) is 13.3 Å². The fraction of sp³-hybridized carbons (Fsp3) is 0.636. The Labute approximate surface area is 105 Å². The highest BCUT2D eigenvalue weighted by atomic mass is 32.1. The van der Waals surface area contributed by atoms with Crippen molar-refractivity contribution in [2.24, 2.45) is 0 Å². The Morgan fingerprint density at radius 3 is 3.00 bits per heavy atom. The Morgan fingerprint density at radius 1 is 1.71 bits per heavy atom. The van der Waals surface area contributed by atoms with E-state index in [-0.39, 0.29) is 5.01 Å². The molecular formula is C11H18N2O3S. The van der Waals surface area contributed by atoms with E-state index in [4.69, 9.17) is 9.84 Å². The molecule has 0 saturated heterocycles. The first-order chi connectivity index (χ1) is 8.17. The Kier molecular flexibility index (Phi) is 6.10. The number of nitrogens with one attached hydrogen (secondary N) is 1. The van der Waals surface area contributed by atoms with Crippen LogP contribution in [0.4, 0.5) is 0 Å². The number of carboxylic acids is 1. The van der Waals surface area contributed by atoms with Crippen LogP contribution in [0, 0.1) is 0 Å². The molecule has 0 bridgehead atoms. The topological polar surface area (TPSA) is 71.5 Å². The first kappa shape index (κ1) is 14.1. The van der Waals surface area contributed by atoms with E-state index in [0.29, 0.717) is 19.2 Å². The molecule has 2 N–H and O–H groups in total. The van der Waals surface area contributed by atoms with Gasteiger partial charge in [-0.3, -0.25) is 0 Å². The molecule has 1 rings (SSSR count). The summed E-state index contributed by atoms with van der Waals surface area (Å²) in [4.78, 5) is 14.7. The van der Waals surface area contributed by atoms with Crippen LogP contribution < -0.4 is 5.32 Å². The Hall–Kier alpha value is -0.980. The molecule has 5 nitrogen and oxygen atoms in total. The van der Waals surface area contributed by atoms with Crippen LogP contribution in [-0.4, -0.2) is 35.8 Å². The third kappa shape index (κ3) is 4.80. The van der Waals surface area contributed by atoms with Gasteiger partial charge in [0.15, 0.2) is 0 Å². The summed E-state index contributed by atoms with van der Waals surface area (Å²) in [6.07, 6.45) is 2.11. The minimum Gasteiger partial charge on any atom is -0.476 e. The molecule has 1 atom stereocenters. The fourth-order valence-corrected chi connectivity index (χ4v) is 2.18. The lowest BCUT2D eigenvalue weighted by Crippen LogP contribution is -2.32. The average Bonchev–Trinajstić information content (AvgIpc) is 2.75. The zero-order valence-electron chi connectivity index (χ0n) is 10.1. The summed E-state index contributed by atoms with van der Waals surface area (Å²) in [5, 5.41) is 14.0. The second kappa shape index (κ2) is 7.37. The predicted octanol–water partition coefficient (Wildman–Crippen LogP) is 1.75. The minimum atomic E-state index is -0.969. The van der Waals surface area contributed by atoms with Crippen molar-refractivity contribution in [3.05, 3.63) is 16.1 Å². The average molecular weight is 258 g/mol. The molecule has 1 aromatic rings. The number of carbonyl (C=O) groups is 1. The number of carboxylic acid groups (broad SMARTS) is 1. The third-order valence-corrected chi connectivity index (χ3v) is 3.19. The predicted molar refractivity (Wildman–Crippen MR) is 66.5 cm³/mol. The summed E-state index contributed by atoms with van der Waals surface area (Å²) >= 11 is 1.15. The zero-order valence-corrected chi connectivity index (χ0v) is 10.9. The molecule has 1 aromatic heterocycles. The summed E-state index contributed by atoms with van der Waals surface area (Å²) < 4.78 is 5.11. The standard InChI is InChI=1S/C11H18N2O3S/c1-3-4-8(6-16-2)12-5-9-7-17-10(13-9)11(14)15/h7-8,12H,3-6H2,1-2H3,(H,14,15). The van der Waals surface area contributed by atoms with Crippen LogP contribution >= 0.6 is 11.3 Å². The highest BCUT2D eigenvalue weighted by Crippen LogP contribution is 2.10. The van der Waals surface area contributed by atoms with Crippen LogP contribution in [0.25, 0.3) is 0 Å². The second-order valence-corrected chi connectivity index (χ2v) is 4.63. The van der Waals surface area contributed by atoms with Crippen LogP contribution in [0.1, 0.15) is 35.3 Å². The number of hydrogen-bond acceptors (Lipinski definition) is 5. The molecule has 96 valence electrons. The Bertz CT molecular complexity index is 348. The van der Waals surface area contributed by atoms with E-state index in [1.807, 2.05) is 0 Å². The Balaban J connectivity index is 2.44. The van der Waals surface area contributed by atoms with Crippen molar-refractivity contribution in [1.29, 1.82) is 0 Å². The number of nitrogens with zero attached hydrogens (tertiary/aromatic N) is 1. The van der Waals surface area contributed by atoms with Gasteiger partial charge in [0.05, 0.1) is 12.3 Å². The maximum atomic E-state index is 10.7. The molecular weight excluding hydrogens is 240 g/mol. The van der Waals surface area contributed by atoms with Gasteiger partial charge in [-0.2, -0.15) is 0 Å². The quantitative estimate of drug-likeness (QED) is 0.743. The van der Waals surface area contributed by atoms with Crippen LogP contribution in [0.15, 0.2) is 5.38 Å². The number of thiazole rings is 1. The van der Waals surface area contributed by atoms with Crippen molar-refractivity contribution in [3.63, 3.8) is 0 Å². The third-order valence-electron chi connectivity index (χ3n) is 2.31. The van der Waals surface area contributed by atoms with Gasteiger partial charge in [0.25, 0.3) is 0 Å². The molecule has 17 heavy (non-hydrogen) atoms. The molecule has 0 aliphatic rings. The van der Waals surface area contributed by atoms with Gasteiger partial charge in [-0.25, -0.2) is 9.78 Å². The summed E-state index contributed by atoms with van der Waals surface area (Å²) in [6.45, 7) is 3.36. The van der Waals surface area contributed by atoms with Gasteiger partial charge in [0.1, 0.15) is 0 Å². The van der Waals surface area contributed by atoms with E-state index in [1.54, 1.807) is 12.5 Å². The second-order valence-electron chi connectivity index (χ2n) is 3.77. The number of methoxy groups -OCH3 is 1. The largest absolute Gasteiger partial charge is 0.476 e. The zero-order chi connectivity index (χ0) is 12.7. The number of aromatic carboxylic acids is 1. The van der Waals surface area contributed by atoms with Gasteiger partial charge in [-0.05, 0) is 6.42 Å². The molecule has 0 radical (unpaired) electrons. The summed E-state index contributed by atoms with van der Waals surface area (Å²) in [5.41, 5.74) is 0.768. The van der Waals surface area contributed by atoms with E-state index >= 15 is 0 Å². The maximum Gasteiger partial charge on any atom is 0.365 e. The number of aromatic nitrogens is 1. The van der Waals surface area contributed by atoms with Crippen molar-refractivity contribution in [1.82, 2.24) is 10.3 Å². The molecule has 1 unspecified atom stereocenters. The van der Waals surface area contributed by atoms with E-state index in [9.17, 15) is 4.79 Å². The summed E-state index contributed by atoms with van der Waals surface area (Å²) in [6, 6.07) is 0.292. The van der Waals surface area contributed by atoms with E-state index in [0.717, 1.165) is 29.9 Å². The van der Waals surface area contributed by atoms with Crippen LogP contribution in [-0.2, 0) is 11.3 Å². The molecule has 0 amide bonds. The molecule has 0 saturated carbocycles. The number of hydrogen-bond donors (Lipinski definition) is 2. The van der Waals surface area contributed by atoms with Crippen molar-refractivity contribution in [2.75, 3.05) is 13.7 Å². The van der Waals surface area contributed by atoms with Gasteiger partial charge in [0.2, 0.25) is 5.01 Å². The van der Waals surface area contributed by atoms with Gasteiger partial charge in [0, 0.05) is 25.1 Å².